The summed E-state index contributed by atoms with van der Waals surface area (Å²) in [6.45, 7) is 4.65. The maximum Gasteiger partial charge on any atom is 0.201 e. The molecule has 0 radical (unpaired) electrons. The second kappa shape index (κ2) is 16.2. The van der Waals surface area contributed by atoms with Crippen LogP contribution in [0.3, 0.4) is 0 Å². The van der Waals surface area contributed by atoms with Crippen LogP contribution in [0.4, 0.5) is 8.78 Å². The minimum Gasteiger partial charge on any atom is -0.543 e. The van der Waals surface area contributed by atoms with Crippen LogP contribution >= 0.6 is 0 Å². The number of halogens is 2. The van der Waals surface area contributed by atoms with Gasteiger partial charge >= 0.3 is 0 Å². The predicted molar refractivity (Wildman–Crippen MR) is 134 cm³/mol. The molecule has 0 N–H and O–H groups in total. The first-order chi connectivity index (χ1) is 17.0. The van der Waals surface area contributed by atoms with Crippen LogP contribution < -0.4 is 9.84 Å². The molecule has 0 amide bonds. The predicted octanol–water partition coefficient (Wildman–Crippen LogP) is 7.42. The number of benzene rings is 1. The molecule has 0 atom stereocenters. The van der Waals surface area contributed by atoms with E-state index < -0.39 is 23.3 Å². The van der Waals surface area contributed by atoms with Crippen LogP contribution in [0.25, 0.3) is 11.1 Å². The highest BCUT2D eigenvalue weighted by atomic mass is 19.2. The number of unbranched alkanes of at least 4 members (excludes halogenated alkanes) is 11. The van der Waals surface area contributed by atoms with E-state index in [1.807, 2.05) is 0 Å². The molecule has 0 bridgehead atoms. The van der Waals surface area contributed by atoms with Crippen LogP contribution in [0.2, 0.25) is 0 Å². The van der Waals surface area contributed by atoms with Gasteiger partial charge in [-0.2, -0.15) is 4.39 Å². The number of aromatic carboxylic acids is 1. The van der Waals surface area contributed by atoms with Gasteiger partial charge in [-0.15, -0.1) is 0 Å². The van der Waals surface area contributed by atoms with Crippen molar-refractivity contribution in [2.45, 2.75) is 104 Å². The Kier molecular flexibility index (Phi) is 13.3. The van der Waals surface area contributed by atoms with Crippen molar-refractivity contribution in [2.75, 3.05) is 6.61 Å². The Bertz CT molecular complexity index is 917. The van der Waals surface area contributed by atoms with Crippen LogP contribution in [-0.4, -0.2) is 17.6 Å². The van der Waals surface area contributed by atoms with Gasteiger partial charge in [0.25, 0.3) is 0 Å². The molecule has 6 heteroatoms. The maximum atomic E-state index is 15.0. The summed E-state index contributed by atoms with van der Waals surface area (Å²) in [5.74, 6) is -3.94. The molecule has 0 spiro atoms. The van der Waals surface area contributed by atoms with Crippen molar-refractivity contribution < 1.29 is 23.4 Å². The zero-order chi connectivity index (χ0) is 25.5. The number of aromatic nitrogens is 1. The third-order valence-corrected chi connectivity index (χ3v) is 6.30. The molecule has 1 aromatic heterocycles. The number of carbonyl (C=O) groups excluding carboxylic acids is 1. The fraction of sp³-hybridized carbons (Fsp3) is 0.586. The van der Waals surface area contributed by atoms with Gasteiger partial charge in [0.1, 0.15) is 0 Å². The van der Waals surface area contributed by atoms with Crippen molar-refractivity contribution in [3.63, 3.8) is 0 Å². The van der Waals surface area contributed by atoms with Gasteiger partial charge in [0.05, 0.1) is 18.3 Å². The summed E-state index contributed by atoms with van der Waals surface area (Å²) < 4.78 is 35.2. The van der Waals surface area contributed by atoms with Crippen LogP contribution in [0.1, 0.15) is 113 Å². The fourth-order valence-corrected chi connectivity index (χ4v) is 4.21. The second-order valence-electron chi connectivity index (χ2n) is 9.25. The van der Waals surface area contributed by atoms with E-state index in [0.717, 1.165) is 50.5 Å². The number of ether oxygens (including phenoxy) is 1. The van der Waals surface area contributed by atoms with E-state index in [2.05, 4.69) is 18.8 Å². The van der Waals surface area contributed by atoms with Crippen molar-refractivity contribution in [2.24, 2.45) is 0 Å². The molecule has 35 heavy (non-hydrogen) atoms. The van der Waals surface area contributed by atoms with Crippen LogP contribution in [0.5, 0.6) is 5.75 Å². The third kappa shape index (κ3) is 9.58. The van der Waals surface area contributed by atoms with E-state index in [4.69, 9.17) is 4.74 Å². The second-order valence-corrected chi connectivity index (χ2v) is 9.25. The highest BCUT2D eigenvalue weighted by Gasteiger charge is 2.19. The summed E-state index contributed by atoms with van der Waals surface area (Å²) in [6, 6.07) is 4.29. The van der Waals surface area contributed by atoms with Crippen molar-refractivity contribution in [1.82, 2.24) is 4.98 Å². The highest BCUT2D eigenvalue weighted by Crippen LogP contribution is 2.32. The number of aryl methyl sites for hydroxylation is 1. The average molecular weight is 489 g/mol. The first-order valence-electron chi connectivity index (χ1n) is 13.3. The van der Waals surface area contributed by atoms with E-state index in [0.29, 0.717) is 13.0 Å². The first kappa shape index (κ1) is 28.7. The van der Waals surface area contributed by atoms with E-state index in [1.165, 1.54) is 56.9 Å². The van der Waals surface area contributed by atoms with Crippen molar-refractivity contribution in [3.05, 3.63) is 47.3 Å². The van der Waals surface area contributed by atoms with E-state index >= 15 is 0 Å². The standard InChI is InChI=1S/C29H41F2NO3/c1-3-5-7-9-10-11-13-15-19-35-25-18-17-23(26(30)27(25)31)24-20-22(16-14-12-8-6-4-2)21-32-28(24)29(33)34/h17-18,20-21H,3-16,19H2,1-2H3,(H,33,34)/p-1. The largest absolute Gasteiger partial charge is 0.543 e. The number of hydrogen-bond acceptors (Lipinski definition) is 4. The highest BCUT2D eigenvalue weighted by molar-refractivity contribution is 5.92. The minimum atomic E-state index is -1.52. The first-order valence-corrected chi connectivity index (χ1v) is 13.3. The molecule has 2 rings (SSSR count). The Morgan fingerprint density at radius 2 is 1.43 bits per heavy atom. The fourth-order valence-electron chi connectivity index (χ4n) is 4.21. The summed E-state index contributed by atoms with van der Waals surface area (Å²) in [6.07, 6.45) is 16.7. The molecule has 2 aromatic rings. The number of pyridine rings is 1. The lowest BCUT2D eigenvalue weighted by atomic mass is 9.98. The lowest BCUT2D eigenvalue weighted by Crippen LogP contribution is -2.24. The number of carbonyl (C=O) groups is 1. The monoisotopic (exact) mass is 488 g/mol. The topological polar surface area (TPSA) is 62.2 Å². The summed E-state index contributed by atoms with van der Waals surface area (Å²) in [5, 5.41) is 11.6. The Morgan fingerprint density at radius 1 is 0.829 bits per heavy atom. The van der Waals surface area contributed by atoms with E-state index in [-0.39, 0.29) is 16.9 Å². The molecule has 1 heterocycles. The maximum absolute atomic E-state index is 15.0. The molecular weight excluding hydrogens is 448 g/mol. The number of hydrogen-bond donors (Lipinski definition) is 0. The lowest BCUT2D eigenvalue weighted by molar-refractivity contribution is -0.255. The van der Waals surface area contributed by atoms with Gasteiger partial charge in [-0.25, -0.2) is 4.39 Å². The summed E-state index contributed by atoms with van der Waals surface area (Å²) in [4.78, 5) is 15.6. The van der Waals surface area contributed by atoms with Crippen molar-refractivity contribution in [1.29, 1.82) is 0 Å². The van der Waals surface area contributed by atoms with Gasteiger partial charge in [-0.05, 0) is 43.0 Å². The normalized spacial score (nSPS) is 11.1. The smallest absolute Gasteiger partial charge is 0.201 e. The van der Waals surface area contributed by atoms with Gasteiger partial charge in [-0.1, -0.05) is 84.5 Å². The molecule has 0 aliphatic heterocycles. The summed E-state index contributed by atoms with van der Waals surface area (Å²) >= 11 is 0. The Hall–Kier alpha value is -2.50. The van der Waals surface area contributed by atoms with Gasteiger partial charge < -0.3 is 14.6 Å². The van der Waals surface area contributed by atoms with Crippen molar-refractivity contribution in [3.8, 4) is 16.9 Å². The van der Waals surface area contributed by atoms with Crippen LogP contribution in [0.15, 0.2) is 24.4 Å². The number of nitrogens with zero attached hydrogens (tertiary/aromatic N) is 1. The molecule has 0 aliphatic rings. The zero-order valence-corrected chi connectivity index (χ0v) is 21.3. The summed E-state index contributed by atoms with van der Waals surface area (Å²) in [7, 11) is 0. The zero-order valence-electron chi connectivity index (χ0n) is 21.3. The van der Waals surface area contributed by atoms with Crippen LogP contribution in [0, 0.1) is 11.6 Å². The molecule has 1 aromatic carbocycles. The van der Waals surface area contributed by atoms with Crippen LogP contribution in [-0.2, 0) is 6.42 Å². The number of rotatable bonds is 18. The number of carboxylic acids is 1. The van der Waals surface area contributed by atoms with Gasteiger partial charge in [-0.3, -0.25) is 4.98 Å². The van der Waals surface area contributed by atoms with Gasteiger partial charge in [0.15, 0.2) is 11.6 Å². The number of carboxylic acid groups (broad SMARTS) is 1. The molecule has 0 unspecified atom stereocenters. The minimum absolute atomic E-state index is 0.0297. The Labute approximate surface area is 209 Å². The molecule has 194 valence electrons. The quantitative estimate of drug-likeness (QED) is 0.205. The molecule has 0 fully saturated rings. The summed E-state index contributed by atoms with van der Waals surface area (Å²) in [5.41, 5.74) is 0.269. The Morgan fingerprint density at radius 3 is 2.06 bits per heavy atom. The van der Waals surface area contributed by atoms with E-state index in [9.17, 15) is 18.7 Å². The van der Waals surface area contributed by atoms with E-state index in [1.54, 1.807) is 6.07 Å². The van der Waals surface area contributed by atoms with Crippen molar-refractivity contribution >= 4 is 5.97 Å². The molecule has 0 saturated carbocycles. The van der Waals surface area contributed by atoms with Gasteiger partial charge in [0, 0.05) is 17.3 Å². The molecule has 0 saturated heterocycles. The third-order valence-electron chi connectivity index (χ3n) is 6.30. The lowest BCUT2D eigenvalue weighted by Gasteiger charge is -2.15. The molecule has 0 aliphatic carbocycles. The SMILES string of the molecule is CCCCCCCCCCOc1ccc(-c2cc(CCCCCCC)cnc2C(=O)[O-])c(F)c1F. The molecule has 4 nitrogen and oxygen atoms in total. The molecular formula is C29H40F2NO3-. The average Bonchev–Trinajstić information content (AvgIpc) is 2.85. The Balaban J connectivity index is 2.02. The van der Waals surface area contributed by atoms with Gasteiger partial charge in [0.2, 0.25) is 5.82 Å².